The molecule has 0 radical (unpaired) electrons. The van der Waals surface area contributed by atoms with E-state index >= 15 is 0 Å². The van der Waals surface area contributed by atoms with E-state index in [2.05, 4.69) is 13.0 Å². The Morgan fingerprint density at radius 1 is 1.35 bits per heavy atom. The first kappa shape index (κ1) is 14.8. The molecule has 0 heterocycles. The van der Waals surface area contributed by atoms with Crippen LogP contribution in [0.5, 0.6) is 5.75 Å². The van der Waals surface area contributed by atoms with Gasteiger partial charge in [0.25, 0.3) is 0 Å². The lowest BCUT2D eigenvalue weighted by Crippen LogP contribution is -2.40. The maximum atomic E-state index is 14.2. The van der Waals surface area contributed by atoms with Crippen LogP contribution in [0.3, 0.4) is 0 Å². The Morgan fingerprint density at radius 2 is 2.15 bits per heavy atom. The van der Waals surface area contributed by atoms with Crippen LogP contribution in [0, 0.1) is 11.2 Å². The van der Waals surface area contributed by atoms with Gasteiger partial charge in [-0.15, -0.1) is 0 Å². The third-order valence-electron chi connectivity index (χ3n) is 4.30. The van der Waals surface area contributed by atoms with E-state index in [1.807, 2.05) is 30.4 Å². The summed E-state index contributed by atoms with van der Waals surface area (Å²) in [7, 11) is 1.49. The predicted molar refractivity (Wildman–Crippen MR) is 80.3 cm³/mol. The molecule has 2 N–H and O–H groups in total. The van der Waals surface area contributed by atoms with Gasteiger partial charge in [0.15, 0.2) is 11.6 Å². The van der Waals surface area contributed by atoms with Crippen LogP contribution in [-0.4, -0.2) is 13.2 Å². The lowest BCUT2D eigenvalue weighted by atomic mass is 9.72. The number of benzene rings is 1. The Kier molecular flexibility index (Phi) is 4.61. The summed E-state index contributed by atoms with van der Waals surface area (Å²) in [6.07, 6.45) is 10.6. The first-order valence-corrected chi connectivity index (χ1v) is 7.06. The van der Waals surface area contributed by atoms with Crippen molar-refractivity contribution in [2.24, 2.45) is 11.1 Å². The molecule has 108 valence electrons. The molecule has 20 heavy (non-hydrogen) atoms. The van der Waals surface area contributed by atoms with Crippen molar-refractivity contribution in [3.8, 4) is 5.75 Å². The molecule has 2 unspecified atom stereocenters. The zero-order chi connectivity index (χ0) is 14.6. The molecule has 2 nitrogen and oxygen atoms in total. The maximum Gasteiger partial charge on any atom is 0.168 e. The molecule has 2 atom stereocenters. The van der Waals surface area contributed by atoms with Crippen LogP contribution < -0.4 is 10.5 Å². The molecule has 1 aliphatic carbocycles. The fraction of sp³-hybridized carbons (Fsp3) is 0.412. The second-order valence-electron chi connectivity index (χ2n) is 5.29. The van der Waals surface area contributed by atoms with Crippen LogP contribution in [-0.2, 0) is 6.42 Å². The minimum absolute atomic E-state index is 0.00818. The van der Waals surface area contributed by atoms with Gasteiger partial charge in [-0.2, -0.15) is 0 Å². The molecular formula is C17H22FNO. The van der Waals surface area contributed by atoms with E-state index in [4.69, 9.17) is 10.5 Å². The molecule has 0 bridgehead atoms. The summed E-state index contributed by atoms with van der Waals surface area (Å²) >= 11 is 0. The van der Waals surface area contributed by atoms with E-state index in [-0.39, 0.29) is 17.3 Å². The summed E-state index contributed by atoms with van der Waals surface area (Å²) in [4.78, 5) is 0. The Bertz CT molecular complexity index is 524. The van der Waals surface area contributed by atoms with Gasteiger partial charge in [-0.3, -0.25) is 0 Å². The second-order valence-corrected chi connectivity index (χ2v) is 5.29. The summed E-state index contributed by atoms with van der Waals surface area (Å²) in [5.41, 5.74) is 6.83. The minimum atomic E-state index is -0.259. The average Bonchev–Trinajstić information content (AvgIpc) is 2.48. The number of allylic oxidation sites excluding steroid dienone is 2. The smallest absolute Gasteiger partial charge is 0.168 e. The number of hydrogen-bond donors (Lipinski definition) is 1. The summed E-state index contributed by atoms with van der Waals surface area (Å²) in [5.74, 6) is 0.0431. The van der Waals surface area contributed by atoms with Gasteiger partial charge < -0.3 is 10.5 Å². The maximum absolute atomic E-state index is 14.2. The Morgan fingerprint density at radius 3 is 2.80 bits per heavy atom. The summed E-state index contributed by atoms with van der Waals surface area (Å²) < 4.78 is 19.2. The van der Waals surface area contributed by atoms with Gasteiger partial charge in [0.2, 0.25) is 0 Å². The fourth-order valence-electron chi connectivity index (χ4n) is 2.79. The number of ether oxygens (including phenoxy) is 1. The monoisotopic (exact) mass is 275 g/mol. The van der Waals surface area contributed by atoms with Crippen molar-refractivity contribution in [3.63, 3.8) is 0 Å². The van der Waals surface area contributed by atoms with Crippen LogP contribution in [0.2, 0.25) is 0 Å². The van der Waals surface area contributed by atoms with Crippen LogP contribution in [0.1, 0.15) is 25.3 Å². The molecule has 0 spiro atoms. The average molecular weight is 275 g/mol. The molecule has 0 aliphatic heterocycles. The van der Waals surface area contributed by atoms with Gasteiger partial charge in [-0.1, -0.05) is 43.4 Å². The standard InChI is InChI=1S/C17H22FNO/c1-3-17(11-5-4-9-15(17)19)12-10-13-7-6-8-14(20-2)16(13)18/h4-9,11,15H,3,10,12,19H2,1-2H3. The number of nitrogens with two attached hydrogens (primary N) is 1. The van der Waals surface area contributed by atoms with Crippen LogP contribution in [0.4, 0.5) is 4.39 Å². The third-order valence-corrected chi connectivity index (χ3v) is 4.30. The van der Waals surface area contributed by atoms with Crippen molar-refractivity contribution < 1.29 is 9.13 Å². The molecule has 1 aliphatic rings. The number of halogens is 1. The molecule has 0 fully saturated rings. The van der Waals surface area contributed by atoms with Crippen molar-refractivity contribution in [2.75, 3.05) is 7.11 Å². The molecular weight excluding hydrogens is 253 g/mol. The first-order chi connectivity index (χ1) is 9.63. The van der Waals surface area contributed by atoms with Gasteiger partial charge in [0.1, 0.15) is 0 Å². The van der Waals surface area contributed by atoms with Crippen LogP contribution >= 0.6 is 0 Å². The molecule has 2 rings (SSSR count). The summed E-state index contributed by atoms with van der Waals surface area (Å²) in [6, 6.07) is 5.27. The molecule has 0 saturated carbocycles. The first-order valence-electron chi connectivity index (χ1n) is 7.06. The minimum Gasteiger partial charge on any atom is -0.494 e. The second kappa shape index (κ2) is 6.23. The van der Waals surface area contributed by atoms with Crippen LogP contribution in [0.15, 0.2) is 42.5 Å². The SMILES string of the molecule is CCC1(CCc2cccc(OC)c2F)C=CC=CC1N. The van der Waals surface area contributed by atoms with Crippen molar-refractivity contribution in [1.29, 1.82) is 0 Å². The zero-order valence-electron chi connectivity index (χ0n) is 12.1. The van der Waals surface area contributed by atoms with Crippen molar-refractivity contribution in [2.45, 2.75) is 32.2 Å². The number of hydrogen-bond acceptors (Lipinski definition) is 2. The van der Waals surface area contributed by atoms with E-state index in [9.17, 15) is 4.39 Å². The van der Waals surface area contributed by atoms with Crippen molar-refractivity contribution in [1.82, 2.24) is 0 Å². The highest BCUT2D eigenvalue weighted by molar-refractivity contribution is 5.32. The highest BCUT2D eigenvalue weighted by Gasteiger charge is 2.32. The molecule has 1 aromatic carbocycles. The Hall–Kier alpha value is -1.61. The van der Waals surface area contributed by atoms with E-state index in [1.54, 1.807) is 6.07 Å². The topological polar surface area (TPSA) is 35.2 Å². The van der Waals surface area contributed by atoms with E-state index in [0.717, 1.165) is 12.8 Å². The predicted octanol–water partition coefficient (Wildman–Crippen LogP) is 3.62. The number of aryl methyl sites for hydroxylation is 1. The Balaban J connectivity index is 2.15. The highest BCUT2D eigenvalue weighted by atomic mass is 19.1. The molecule has 3 heteroatoms. The van der Waals surface area contributed by atoms with E-state index < -0.39 is 0 Å². The van der Waals surface area contributed by atoms with E-state index in [1.165, 1.54) is 7.11 Å². The summed E-state index contributed by atoms with van der Waals surface area (Å²) in [6.45, 7) is 2.13. The molecule has 1 aromatic rings. The number of rotatable bonds is 5. The van der Waals surface area contributed by atoms with Gasteiger partial charge in [0.05, 0.1) is 7.11 Å². The van der Waals surface area contributed by atoms with Crippen molar-refractivity contribution >= 4 is 0 Å². The normalized spacial score (nSPS) is 24.9. The zero-order valence-corrected chi connectivity index (χ0v) is 12.1. The number of methoxy groups -OCH3 is 1. The van der Waals surface area contributed by atoms with Crippen molar-refractivity contribution in [3.05, 3.63) is 53.9 Å². The fourth-order valence-corrected chi connectivity index (χ4v) is 2.79. The largest absolute Gasteiger partial charge is 0.494 e. The Labute approximate surface area is 120 Å². The van der Waals surface area contributed by atoms with Gasteiger partial charge in [0, 0.05) is 11.5 Å². The van der Waals surface area contributed by atoms with Gasteiger partial charge in [-0.05, 0) is 30.9 Å². The van der Waals surface area contributed by atoms with Gasteiger partial charge in [-0.25, -0.2) is 4.39 Å². The molecule has 0 aromatic heterocycles. The van der Waals surface area contributed by atoms with Crippen LogP contribution in [0.25, 0.3) is 0 Å². The quantitative estimate of drug-likeness (QED) is 0.891. The highest BCUT2D eigenvalue weighted by Crippen LogP contribution is 2.36. The summed E-state index contributed by atoms with van der Waals surface area (Å²) in [5, 5.41) is 0. The molecule has 0 saturated heterocycles. The van der Waals surface area contributed by atoms with E-state index in [0.29, 0.717) is 17.7 Å². The van der Waals surface area contributed by atoms with Gasteiger partial charge >= 0.3 is 0 Å². The lowest BCUT2D eigenvalue weighted by molar-refractivity contribution is 0.296. The molecule has 0 amide bonds. The lowest BCUT2D eigenvalue weighted by Gasteiger charge is -2.36. The third kappa shape index (κ3) is 2.78.